The van der Waals surface area contributed by atoms with E-state index in [4.69, 9.17) is 10.7 Å². The van der Waals surface area contributed by atoms with E-state index in [9.17, 15) is 0 Å². The van der Waals surface area contributed by atoms with Gasteiger partial charge < -0.3 is 0 Å². The second-order valence-electron chi connectivity index (χ2n) is 2.85. The normalized spacial score (nSPS) is 22.5. The first-order valence-electron chi connectivity index (χ1n) is 4.04. The number of rotatable bonds is 2. The Bertz CT molecular complexity index is 79.7. The molecule has 10 heavy (non-hydrogen) atoms. The van der Waals surface area contributed by atoms with Crippen molar-refractivity contribution in [2.45, 2.75) is 44.6 Å². The van der Waals surface area contributed by atoms with E-state index in [2.05, 4.69) is 5.59 Å². The van der Waals surface area contributed by atoms with Gasteiger partial charge in [0.15, 0.2) is 0 Å². The Morgan fingerprint density at radius 3 is 2.20 bits per heavy atom. The molecule has 0 aromatic rings. The molecule has 1 aliphatic carbocycles. The fourth-order valence-corrected chi connectivity index (χ4v) is 1.46. The molecule has 0 aliphatic heterocycles. The molecule has 60 valence electrons. The maximum absolute atomic E-state index is 5.09. The van der Waals surface area contributed by atoms with Crippen molar-refractivity contribution in [1.29, 1.82) is 0 Å². The van der Waals surface area contributed by atoms with Crippen LogP contribution in [-0.2, 0) is 4.84 Å². The van der Waals surface area contributed by atoms with Crippen molar-refractivity contribution in [2.75, 3.05) is 0 Å². The van der Waals surface area contributed by atoms with Crippen molar-refractivity contribution in [3.05, 3.63) is 0 Å². The minimum Gasteiger partial charge on any atom is -0.284 e. The van der Waals surface area contributed by atoms with Crippen molar-refractivity contribution in [3.63, 3.8) is 0 Å². The van der Waals surface area contributed by atoms with Crippen LogP contribution < -0.4 is 11.4 Å². The lowest BCUT2D eigenvalue weighted by atomic mass is 10.2. The molecule has 1 saturated carbocycles. The van der Waals surface area contributed by atoms with Crippen molar-refractivity contribution < 1.29 is 4.84 Å². The van der Waals surface area contributed by atoms with Gasteiger partial charge in [0.25, 0.3) is 0 Å². The third-order valence-corrected chi connectivity index (χ3v) is 2.04. The van der Waals surface area contributed by atoms with Crippen molar-refractivity contribution >= 4 is 0 Å². The van der Waals surface area contributed by atoms with Gasteiger partial charge in [0.05, 0.1) is 6.10 Å². The molecule has 0 saturated heterocycles. The molecule has 0 spiro atoms. The molecule has 0 amide bonds. The molecule has 3 heteroatoms. The van der Waals surface area contributed by atoms with Crippen LogP contribution in [0, 0.1) is 0 Å². The monoisotopic (exact) mass is 144 g/mol. The first-order chi connectivity index (χ1) is 4.93. The van der Waals surface area contributed by atoms with E-state index < -0.39 is 0 Å². The smallest absolute Gasteiger partial charge is 0.0806 e. The molecule has 0 radical (unpaired) electrons. The highest BCUT2D eigenvalue weighted by Gasteiger charge is 2.11. The van der Waals surface area contributed by atoms with E-state index in [1.807, 2.05) is 0 Å². The Labute approximate surface area is 61.9 Å². The van der Waals surface area contributed by atoms with E-state index in [0.29, 0.717) is 6.10 Å². The lowest BCUT2D eigenvalue weighted by Gasteiger charge is -2.12. The molecule has 0 heterocycles. The fourth-order valence-electron chi connectivity index (χ4n) is 1.46. The molecular weight excluding hydrogens is 128 g/mol. The minimum absolute atomic E-state index is 0.354. The largest absolute Gasteiger partial charge is 0.284 e. The Hall–Kier alpha value is -0.120. The summed E-state index contributed by atoms with van der Waals surface area (Å²) >= 11 is 0. The van der Waals surface area contributed by atoms with Crippen LogP contribution in [-0.4, -0.2) is 6.10 Å². The van der Waals surface area contributed by atoms with Gasteiger partial charge in [0.2, 0.25) is 0 Å². The lowest BCUT2D eigenvalue weighted by Crippen LogP contribution is -2.28. The zero-order valence-corrected chi connectivity index (χ0v) is 6.31. The first kappa shape index (κ1) is 7.98. The van der Waals surface area contributed by atoms with Gasteiger partial charge in [-0.1, -0.05) is 25.7 Å². The molecule has 1 aliphatic rings. The third kappa shape index (κ3) is 2.64. The number of hydrogen-bond acceptors (Lipinski definition) is 3. The molecule has 0 aromatic carbocycles. The SMILES string of the molecule is NNOC1CCCCCC1. The quantitative estimate of drug-likeness (QED) is 0.346. The Morgan fingerprint density at radius 1 is 1.10 bits per heavy atom. The van der Waals surface area contributed by atoms with Crippen LogP contribution in [0.2, 0.25) is 0 Å². The van der Waals surface area contributed by atoms with Gasteiger partial charge >= 0.3 is 0 Å². The number of nitrogens with two attached hydrogens (primary N) is 1. The average molecular weight is 144 g/mol. The van der Waals surface area contributed by atoms with Crippen LogP contribution in [0.4, 0.5) is 0 Å². The summed E-state index contributed by atoms with van der Waals surface area (Å²) in [6.07, 6.45) is 7.94. The summed E-state index contributed by atoms with van der Waals surface area (Å²) < 4.78 is 0. The van der Waals surface area contributed by atoms with Crippen molar-refractivity contribution in [2.24, 2.45) is 5.84 Å². The standard InChI is InChI=1S/C7H16N2O/c8-9-10-7-5-3-1-2-4-6-7/h7,9H,1-6,8H2. The first-order valence-corrected chi connectivity index (χ1v) is 4.04. The van der Waals surface area contributed by atoms with Crippen LogP contribution in [0.1, 0.15) is 38.5 Å². The van der Waals surface area contributed by atoms with E-state index in [0.717, 1.165) is 12.8 Å². The van der Waals surface area contributed by atoms with Crippen LogP contribution in [0.3, 0.4) is 0 Å². The second kappa shape index (κ2) is 4.66. The zero-order chi connectivity index (χ0) is 7.23. The predicted octanol–water partition coefficient (Wildman–Crippen LogP) is 1.10. The average Bonchev–Trinajstić information content (AvgIpc) is 2.17. The van der Waals surface area contributed by atoms with Gasteiger partial charge in [-0.3, -0.25) is 4.84 Å². The van der Waals surface area contributed by atoms with Crippen LogP contribution in [0.25, 0.3) is 0 Å². The summed E-state index contributed by atoms with van der Waals surface area (Å²) in [5, 5.41) is 0. The number of hydrogen-bond donors (Lipinski definition) is 2. The van der Waals surface area contributed by atoms with Crippen molar-refractivity contribution in [1.82, 2.24) is 5.59 Å². The highest BCUT2D eigenvalue weighted by atomic mass is 16.7. The topological polar surface area (TPSA) is 47.3 Å². The van der Waals surface area contributed by atoms with Gasteiger partial charge in [0.1, 0.15) is 0 Å². The predicted molar refractivity (Wildman–Crippen MR) is 39.9 cm³/mol. The summed E-state index contributed by atoms with van der Waals surface area (Å²) in [6, 6.07) is 0. The van der Waals surface area contributed by atoms with E-state index in [-0.39, 0.29) is 0 Å². The zero-order valence-electron chi connectivity index (χ0n) is 6.31. The molecule has 0 unspecified atom stereocenters. The van der Waals surface area contributed by atoms with Gasteiger partial charge in [-0.15, -0.1) is 5.59 Å². The molecular formula is C7H16N2O. The maximum atomic E-state index is 5.09. The Morgan fingerprint density at radius 2 is 1.70 bits per heavy atom. The highest BCUT2D eigenvalue weighted by molar-refractivity contribution is 4.62. The second-order valence-corrected chi connectivity index (χ2v) is 2.85. The fraction of sp³-hybridized carbons (Fsp3) is 1.00. The molecule has 1 rings (SSSR count). The van der Waals surface area contributed by atoms with Gasteiger partial charge in [-0.2, -0.15) is 0 Å². The Balaban J connectivity index is 2.15. The summed E-state index contributed by atoms with van der Waals surface area (Å²) in [5.41, 5.74) is 2.27. The molecule has 3 N–H and O–H groups in total. The Kier molecular flexibility index (Phi) is 3.72. The summed E-state index contributed by atoms with van der Waals surface area (Å²) in [5.74, 6) is 5.04. The molecule has 1 fully saturated rings. The highest BCUT2D eigenvalue weighted by Crippen LogP contribution is 2.18. The number of nitrogens with one attached hydrogen (secondary N) is 1. The molecule has 0 bridgehead atoms. The summed E-state index contributed by atoms with van der Waals surface area (Å²) in [7, 11) is 0. The third-order valence-electron chi connectivity index (χ3n) is 2.04. The maximum Gasteiger partial charge on any atom is 0.0806 e. The van der Waals surface area contributed by atoms with E-state index >= 15 is 0 Å². The van der Waals surface area contributed by atoms with Crippen molar-refractivity contribution in [3.8, 4) is 0 Å². The summed E-state index contributed by atoms with van der Waals surface area (Å²) in [4.78, 5) is 5.09. The molecule has 3 nitrogen and oxygen atoms in total. The lowest BCUT2D eigenvalue weighted by molar-refractivity contribution is -0.0321. The van der Waals surface area contributed by atoms with Gasteiger partial charge in [-0.05, 0) is 12.8 Å². The van der Waals surface area contributed by atoms with Gasteiger partial charge in [-0.25, -0.2) is 5.84 Å². The molecule has 0 atom stereocenters. The number of hydrazine groups is 1. The van der Waals surface area contributed by atoms with Gasteiger partial charge in [0, 0.05) is 0 Å². The van der Waals surface area contributed by atoms with Crippen LogP contribution in [0.5, 0.6) is 0 Å². The van der Waals surface area contributed by atoms with E-state index in [1.54, 1.807) is 0 Å². The summed E-state index contributed by atoms with van der Waals surface area (Å²) in [6.45, 7) is 0. The minimum atomic E-state index is 0.354. The van der Waals surface area contributed by atoms with E-state index in [1.165, 1.54) is 25.7 Å². The van der Waals surface area contributed by atoms with Crippen LogP contribution in [0.15, 0.2) is 0 Å². The molecule has 0 aromatic heterocycles. The van der Waals surface area contributed by atoms with Crippen LogP contribution >= 0.6 is 0 Å².